The van der Waals surface area contributed by atoms with Crippen molar-refractivity contribution < 1.29 is 22.7 Å². The van der Waals surface area contributed by atoms with Crippen LogP contribution in [0.4, 0.5) is 10.1 Å². The van der Waals surface area contributed by atoms with Gasteiger partial charge in [-0.2, -0.15) is 0 Å². The Labute approximate surface area is 90.8 Å². The van der Waals surface area contributed by atoms with Crippen LogP contribution in [0.3, 0.4) is 0 Å². The number of anilines is 1. The van der Waals surface area contributed by atoms with Gasteiger partial charge in [0.05, 0.1) is 10.6 Å². The van der Waals surface area contributed by atoms with Crippen molar-refractivity contribution in [3.05, 3.63) is 24.0 Å². The summed E-state index contributed by atoms with van der Waals surface area (Å²) in [5, 5.41) is 9.83. The van der Waals surface area contributed by atoms with Gasteiger partial charge in [-0.05, 0) is 18.2 Å². The Morgan fingerprint density at radius 2 is 2.19 bits per heavy atom. The Kier molecular flexibility index (Phi) is 2.34. The highest BCUT2D eigenvalue weighted by atomic mass is 32.2. The molecule has 1 unspecified atom stereocenters. The molecule has 5 nitrogen and oxygen atoms in total. The molecule has 1 atom stereocenters. The Morgan fingerprint density at radius 1 is 1.50 bits per heavy atom. The Bertz CT molecular complexity index is 555. The number of fused-ring (bicyclic) bond motifs is 1. The zero-order valence-corrected chi connectivity index (χ0v) is 8.79. The summed E-state index contributed by atoms with van der Waals surface area (Å²) >= 11 is 0. The van der Waals surface area contributed by atoms with E-state index in [1.165, 1.54) is 0 Å². The monoisotopic (exact) mass is 245 g/mol. The predicted octanol–water partition coefficient (Wildman–Crippen LogP) is 0.478. The van der Waals surface area contributed by atoms with Gasteiger partial charge in [-0.3, -0.25) is 4.79 Å². The smallest absolute Gasteiger partial charge is 0.324 e. The highest BCUT2D eigenvalue weighted by molar-refractivity contribution is 7.93. The summed E-state index contributed by atoms with van der Waals surface area (Å²) < 4.78 is 36.5. The third-order valence-electron chi connectivity index (χ3n) is 2.38. The number of aliphatic carboxylic acids is 1. The second kappa shape index (κ2) is 3.44. The standard InChI is InChI=1S/C9H8FNO4S/c10-5-1-2-7-6(3-5)11-4-8(9(12)13)16(7,14)15/h1-3,8,11H,4H2,(H,12,13). The second-order valence-corrected chi connectivity index (χ2v) is 5.49. The maximum absolute atomic E-state index is 12.9. The van der Waals surface area contributed by atoms with Crippen LogP contribution in [0.15, 0.2) is 23.1 Å². The number of sulfone groups is 1. The van der Waals surface area contributed by atoms with Crippen molar-refractivity contribution in [1.82, 2.24) is 0 Å². The predicted molar refractivity (Wildman–Crippen MR) is 53.5 cm³/mol. The highest BCUT2D eigenvalue weighted by Gasteiger charge is 2.38. The van der Waals surface area contributed by atoms with Crippen molar-refractivity contribution in [2.45, 2.75) is 10.1 Å². The molecule has 0 amide bonds. The first-order valence-corrected chi connectivity index (χ1v) is 5.97. The van der Waals surface area contributed by atoms with Gasteiger partial charge >= 0.3 is 5.97 Å². The summed E-state index contributed by atoms with van der Waals surface area (Å²) in [6.45, 7) is -0.256. The molecule has 0 spiro atoms. The zero-order chi connectivity index (χ0) is 11.9. The zero-order valence-electron chi connectivity index (χ0n) is 7.97. The lowest BCUT2D eigenvalue weighted by Gasteiger charge is -2.23. The first kappa shape index (κ1) is 10.9. The number of carbonyl (C=O) groups is 1. The minimum absolute atomic E-state index is 0.109. The van der Waals surface area contributed by atoms with Gasteiger partial charge in [0.25, 0.3) is 0 Å². The number of hydrogen-bond donors (Lipinski definition) is 2. The van der Waals surface area contributed by atoms with E-state index in [1.807, 2.05) is 0 Å². The lowest BCUT2D eigenvalue weighted by atomic mass is 10.3. The summed E-state index contributed by atoms with van der Waals surface area (Å²) in [6.07, 6.45) is 0. The quantitative estimate of drug-likeness (QED) is 0.703. The fraction of sp³-hybridized carbons (Fsp3) is 0.222. The number of benzene rings is 1. The van der Waals surface area contributed by atoms with E-state index in [1.54, 1.807) is 0 Å². The van der Waals surface area contributed by atoms with E-state index in [9.17, 15) is 17.6 Å². The van der Waals surface area contributed by atoms with Crippen molar-refractivity contribution in [3.63, 3.8) is 0 Å². The summed E-state index contributed by atoms with van der Waals surface area (Å²) in [5.74, 6) is -1.99. The number of hydrogen-bond acceptors (Lipinski definition) is 4. The topological polar surface area (TPSA) is 83.5 Å². The Balaban J connectivity index is 2.60. The van der Waals surface area contributed by atoms with Crippen LogP contribution in [0.25, 0.3) is 0 Å². The lowest BCUT2D eigenvalue weighted by Crippen LogP contribution is -2.40. The molecule has 1 aromatic carbocycles. The summed E-state index contributed by atoms with van der Waals surface area (Å²) in [7, 11) is -3.93. The minimum Gasteiger partial charge on any atom is -0.480 e. The largest absolute Gasteiger partial charge is 0.480 e. The van der Waals surface area contributed by atoms with Gasteiger partial charge in [0, 0.05) is 6.54 Å². The molecule has 0 bridgehead atoms. The third kappa shape index (κ3) is 1.53. The third-order valence-corrected chi connectivity index (χ3v) is 4.46. The fourth-order valence-corrected chi connectivity index (χ4v) is 3.14. The maximum Gasteiger partial charge on any atom is 0.324 e. The fourth-order valence-electron chi connectivity index (χ4n) is 1.57. The average molecular weight is 245 g/mol. The van der Waals surface area contributed by atoms with Crippen molar-refractivity contribution in [1.29, 1.82) is 0 Å². The number of rotatable bonds is 1. The van der Waals surface area contributed by atoms with Crippen LogP contribution < -0.4 is 5.32 Å². The van der Waals surface area contributed by atoms with Gasteiger partial charge in [-0.15, -0.1) is 0 Å². The first-order chi connectivity index (χ1) is 7.43. The van der Waals surface area contributed by atoms with Crippen LogP contribution in [0, 0.1) is 5.82 Å². The maximum atomic E-state index is 12.9. The van der Waals surface area contributed by atoms with Gasteiger partial charge in [0.2, 0.25) is 0 Å². The van der Waals surface area contributed by atoms with E-state index < -0.39 is 26.9 Å². The molecule has 1 aliphatic heterocycles. The molecule has 86 valence electrons. The van der Waals surface area contributed by atoms with Gasteiger partial charge in [-0.1, -0.05) is 0 Å². The van der Waals surface area contributed by atoms with E-state index in [4.69, 9.17) is 5.11 Å². The second-order valence-electron chi connectivity index (χ2n) is 3.39. The molecular formula is C9H8FNO4S. The summed E-state index contributed by atoms with van der Waals surface area (Å²) in [5.41, 5.74) is 0.109. The molecule has 0 fully saturated rings. The van der Waals surface area contributed by atoms with E-state index in [2.05, 4.69) is 5.32 Å². The summed E-state index contributed by atoms with van der Waals surface area (Å²) in [6, 6.07) is 3.09. The van der Waals surface area contributed by atoms with E-state index >= 15 is 0 Å². The lowest BCUT2D eigenvalue weighted by molar-refractivity contribution is -0.136. The molecule has 7 heteroatoms. The molecule has 1 aromatic rings. The first-order valence-electron chi connectivity index (χ1n) is 4.43. The Morgan fingerprint density at radius 3 is 2.81 bits per heavy atom. The molecule has 16 heavy (non-hydrogen) atoms. The Hall–Kier alpha value is -1.63. The van der Waals surface area contributed by atoms with Crippen LogP contribution in [0.5, 0.6) is 0 Å². The van der Waals surface area contributed by atoms with Crippen molar-refractivity contribution in [2.24, 2.45) is 0 Å². The van der Waals surface area contributed by atoms with Gasteiger partial charge < -0.3 is 10.4 Å². The summed E-state index contributed by atoms with van der Waals surface area (Å²) in [4.78, 5) is 10.6. The van der Waals surface area contributed by atoms with Crippen LogP contribution >= 0.6 is 0 Å². The molecule has 0 radical (unpaired) electrons. The van der Waals surface area contributed by atoms with E-state index in [0.717, 1.165) is 18.2 Å². The molecule has 0 saturated carbocycles. The van der Waals surface area contributed by atoms with Crippen molar-refractivity contribution in [3.8, 4) is 0 Å². The highest BCUT2D eigenvalue weighted by Crippen LogP contribution is 2.30. The van der Waals surface area contributed by atoms with Crippen molar-refractivity contribution >= 4 is 21.5 Å². The van der Waals surface area contributed by atoms with Gasteiger partial charge in [-0.25, -0.2) is 12.8 Å². The molecule has 2 rings (SSSR count). The molecule has 2 N–H and O–H groups in total. The van der Waals surface area contributed by atoms with E-state index in [0.29, 0.717) is 0 Å². The SMILES string of the molecule is O=C(O)C1CNc2cc(F)ccc2S1(=O)=O. The molecule has 0 aliphatic carbocycles. The minimum atomic E-state index is -3.93. The molecule has 0 saturated heterocycles. The van der Waals surface area contributed by atoms with Gasteiger partial charge in [0.1, 0.15) is 5.82 Å². The van der Waals surface area contributed by atoms with Gasteiger partial charge in [0.15, 0.2) is 15.1 Å². The molecule has 1 heterocycles. The normalized spacial score (nSPS) is 21.9. The number of halogens is 1. The molecule has 1 aliphatic rings. The van der Waals surface area contributed by atoms with Crippen LogP contribution in [-0.2, 0) is 14.6 Å². The van der Waals surface area contributed by atoms with E-state index in [-0.39, 0.29) is 17.1 Å². The average Bonchev–Trinajstić information content (AvgIpc) is 2.15. The number of nitrogens with one attached hydrogen (secondary N) is 1. The molecular weight excluding hydrogens is 237 g/mol. The van der Waals surface area contributed by atoms with Crippen LogP contribution in [0.1, 0.15) is 0 Å². The number of carboxylic acid groups (broad SMARTS) is 1. The van der Waals surface area contributed by atoms with Crippen molar-refractivity contribution in [2.75, 3.05) is 11.9 Å². The van der Waals surface area contributed by atoms with Crippen LogP contribution in [-0.4, -0.2) is 31.3 Å². The number of carboxylic acids is 1. The van der Waals surface area contributed by atoms with Crippen LogP contribution in [0.2, 0.25) is 0 Å². The molecule has 0 aromatic heterocycles.